The molecule has 0 spiro atoms. The molecule has 1 heteroatoms. The number of hydrogen-bond acceptors (Lipinski definition) is 0. The normalized spacial score (nSPS) is 15.8. The summed E-state index contributed by atoms with van der Waals surface area (Å²) in [6, 6.07) is 0. The average Bonchev–Trinajstić information content (AvgIpc) is 2.09. The predicted molar refractivity (Wildman–Crippen MR) is 49.2 cm³/mol. The highest BCUT2D eigenvalue weighted by atomic mass is 19.1. The van der Waals surface area contributed by atoms with Gasteiger partial charge in [0.1, 0.15) is 6.17 Å². The van der Waals surface area contributed by atoms with Crippen molar-refractivity contribution in [2.75, 3.05) is 0 Å². The van der Waals surface area contributed by atoms with E-state index < -0.39 is 0 Å². The molecular weight excluding hydrogens is 151 g/mol. The maximum atomic E-state index is 11.6. The minimum absolute atomic E-state index is 0.906. The van der Waals surface area contributed by atoms with Crippen molar-refractivity contribution in [3.8, 4) is 12.1 Å². The minimum Gasteiger partial charge on any atom is -0.144 e. The fourth-order valence-corrected chi connectivity index (χ4v) is 1.37. The fourth-order valence-electron chi connectivity index (χ4n) is 1.37. The molecule has 1 rings (SSSR count). The Kier molecular flexibility index (Phi) is 3.60. The summed E-state index contributed by atoms with van der Waals surface area (Å²) in [4.78, 5) is 0. The first kappa shape index (κ1) is 9.06. The number of hydrogen-bond donors (Lipinski definition) is 0. The Hall–Kier alpha value is -1.03. The summed E-state index contributed by atoms with van der Waals surface area (Å²) in [6.45, 7) is 2.17. The lowest BCUT2D eigenvalue weighted by Gasteiger charge is -2.09. The third-order valence-corrected chi connectivity index (χ3v) is 2.01. The van der Waals surface area contributed by atoms with Crippen LogP contribution in [0.25, 0.3) is 0 Å². The Labute approximate surface area is 73.2 Å². The van der Waals surface area contributed by atoms with E-state index in [1.807, 2.05) is 6.08 Å². The number of allylic oxidation sites excluding steroid dienone is 4. The van der Waals surface area contributed by atoms with Gasteiger partial charge < -0.3 is 0 Å². The van der Waals surface area contributed by atoms with Crippen LogP contribution in [-0.2, 0) is 0 Å². The lowest BCUT2D eigenvalue weighted by Crippen LogP contribution is -1.91. The van der Waals surface area contributed by atoms with E-state index in [0.717, 1.165) is 24.8 Å². The van der Waals surface area contributed by atoms with Gasteiger partial charge in [-0.05, 0) is 25.2 Å². The average molecular weight is 164 g/mol. The second-order valence-electron chi connectivity index (χ2n) is 2.99. The molecule has 0 radical (unpaired) electrons. The van der Waals surface area contributed by atoms with Gasteiger partial charge in [0.15, 0.2) is 0 Å². The van der Waals surface area contributed by atoms with Gasteiger partial charge in [0.05, 0.1) is 0 Å². The van der Waals surface area contributed by atoms with Crippen molar-refractivity contribution in [2.45, 2.75) is 32.6 Å². The van der Waals surface area contributed by atoms with Crippen molar-refractivity contribution in [1.82, 2.24) is 0 Å². The number of rotatable bonds is 2. The van der Waals surface area contributed by atoms with Crippen LogP contribution < -0.4 is 0 Å². The van der Waals surface area contributed by atoms with Crippen LogP contribution in [0.5, 0.6) is 0 Å². The topological polar surface area (TPSA) is 0 Å². The van der Waals surface area contributed by atoms with Gasteiger partial charge in [-0.1, -0.05) is 31.1 Å². The van der Waals surface area contributed by atoms with Gasteiger partial charge >= 0.3 is 0 Å². The largest absolute Gasteiger partial charge is 0.144 e. The van der Waals surface area contributed by atoms with Gasteiger partial charge in [-0.3, -0.25) is 0 Å². The number of halogens is 1. The van der Waals surface area contributed by atoms with Crippen molar-refractivity contribution in [1.29, 1.82) is 0 Å². The van der Waals surface area contributed by atoms with E-state index in [9.17, 15) is 4.39 Å². The third-order valence-electron chi connectivity index (χ3n) is 2.01. The molecule has 0 fully saturated rings. The van der Waals surface area contributed by atoms with Crippen LogP contribution in [0, 0.1) is 12.1 Å². The van der Waals surface area contributed by atoms with E-state index in [-0.39, 0.29) is 0 Å². The highest BCUT2D eigenvalue weighted by Crippen LogP contribution is 2.20. The van der Waals surface area contributed by atoms with Crippen LogP contribution in [0.1, 0.15) is 32.6 Å². The molecule has 0 atom stereocenters. The molecule has 64 valence electrons. The zero-order valence-corrected chi connectivity index (χ0v) is 7.36. The molecule has 0 saturated carbocycles. The zero-order chi connectivity index (χ0) is 8.81. The second kappa shape index (κ2) is 4.77. The quantitative estimate of drug-likeness (QED) is 0.549. The molecule has 0 bridgehead atoms. The second-order valence-corrected chi connectivity index (χ2v) is 2.99. The standard InChI is InChI=1S/C11H13F/c1-2-3-10-4-6-11(7-5-10)8-9-12/h4,6H,2-3,5,7H2,1H3. The lowest BCUT2D eigenvalue weighted by atomic mass is 9.96. The first-order valence-electron chi connectivity index (χ1n) is 4.37. The molecule has 0 nitrogen and oxygen atoms in total. The fraction of sp³-hybridized carbons (Fsp3) is 0.455. The summed E-state index contributed by atoms with van der Waals surface area (Å²) in [5.74, 6) is 2.45. The highest BCUT2D eigenvalue weighted by Gasteiger charge is 2.03. The Morgan fingerprint density at radius 3 is 2.75 bits per heavy atom. The van der Waals surface area contributed by atoms with Crippen molar-refractivity contribution in [3.05, 3.63) is 23.3 Å². The van der Waals surface area contributed by atoms with E-state index in [0.29, 0.717) is 0 Å². The van der Waals surface area contributed by atoms with Crippen molar-refractivity contribution in [2.24, 2.45) is 0 Å². The van der Waals surface area contributed by atoms with E-state index in [1.54, 1.807) is 0 Å². The van der Waals surface area contributed by atoms with Crippen molar-refractivity contribution >= 4 is 0 Å². The van der Waals surface area contributed by atoms with Gasteiger partial charge in [0.2, 0.25) is 0 Å². The summed E-state index contributed by atoms with van der Waals surface area (Å²) in [6.07, 6.45) is 9.74. The third kappa shape index (κ3) is 2.54. The molecule has 0 aliphatic heterocycles. The smallest absolute Gasteiger partial charge is 0.110 e. The molecule has 0 saturated heterocycles. The molecule has 0 aromatic rings. The Bertz CT molecular complexity index is 260. The summed E-state index contributed by atoms with van der Waals surface area (Å²) in [7, 11) is 0. The van der Waals surface area contributed by atoms with Gasteiger partial charge in [-0.2, -0.15) is 0 Å². The van der Waals surface area contributed by atoms with E-state index in [1.165, 1.54) is 18.2 Å². The van der Waals surface area contributed by atoms with E-state index in [2.05, 4.69) is 18.9 Å². The summed E-state index contributed by atoms with van der Waals surface area (Å²) >= 11 is 0. The van der Waals surface area contributed by atoms with Crippen molar-refractivity contribution < 1.29 is 4.39 Å². The first-order chi connectivity index (χ1) is 5.86. The highest BCUT2D eigenvalue weighted by molar-refractivity contribution is 5.35. The molecule has 12 heavy (non-hydrogen) atoms. The van der Waals surface area contributed by atoms with Gasteiger partial charge in [0.25, 0.3) is 0 Å². The Balaban J connectivity index is 2.58. The predicted octanol–water partition coefficient (Wildman–Crippen LogP) is 3.36. The van der Waals surface area contributed by atoms with Crippen LogP contribution in [-0.4, -0.2) is 0 Å². The van der Waals surface area contributed by atoms with Crippen LogP contribution >= 0.6 is 0 Å². The monoisotopic (exact) mass is 164 g/mol. The van der Waals surface area contributed by atoms with Crippen LogP contribution in [0.4, 0.5) is 4.39 Å². The van der Waals surface area contributed by atoms with Crippen LogP contribution in [0.3, 0.4) is 0 Å². The summed E-state index contributed by atoms with van der Waals surface area (Å²) in [5.41, 5.74) is 2.37. The van der Waals surface area contributed by atoms with Crippen molar-refractivity contribution in [3.63, 3.8) is 0 Å². The minimum atomic E-state index is 0.906. The molecule has 0 aromatic heterocycles. The van der Waals surface area contributed by atoms with Gasteiger partial charge in [-0.25, -0.2) is 0 Å². The SMILES string of the molecule is CCCC1=CC=C(C#CF)CC1. The lowest BCUT2D eigenvalue weighted by molar-refractivity contribution is 0.771. The molecule has 0 unspecified atom stereocenters. The molecule has 1 aliphatic rings. The van der Waals surface area contributed by atoms with Crippen LogP contribution in [0.2, 0.25) is 0 Å². The maximum absolute atomic E-state index is 11.6. The van der Waals surface area contributed by atoms with E-state index in [4.69, 9.17) is 0 Å². The first-order valence-corrected chi connectivity index (χ1v) is 4.37. The zero-order valence-electron chi connectivity index (χ0n) is 7.36. The van der Waals surface area contributed by atoms with Crippen LogP contribution in [0.15, 0.2) is 23.3 Å². The molecule has 0 aromatic carbocycles. The summed E-state index contributed by atoms with van der Waals surface area (Å²) < 4.78 is 11.6. The maximum Gasteiger partial charge on any atom is 0.110 e. The van der Waals surface area contributed by atoms with Gasteiger partial charge in [-0.15, -0.1) is 4.39 Å². The van der Waals surface area contributed by atoms with Gasteiger partial charge in [0, 0.05) is 5.57 Å². The molecular formula is C11H13F. The summed E-state index contributed by atoms with van der Waals surface area (Å²) in [5, 5.41) is 0. The molecule has 1 aliphatic carbocycles. The molecule has 0 amide bonds. The van der Waals surface area contributed by atoms with E-state index >= 15 is 0 Å². The Morgan fingerprint density at radius 2 is 2.25 bits per heavy atom. The molecule has 0 N–H and O–H groups in total. The molecule has 0 heterocycles. The Morgan fingerprint density at radius 1 is 1.42 bits per heavy atom.